The van der Waals surface area contributed by atoms with E-state index < -0.39 is 28.6 Å². The van der Waals surface area contributed by atoms with E-state index in [1.54, 1.807) is 0 Å². The summed E-state index contributed by atoms with van der Waals surface area (Å²) in [4.78, 5) is 32.3. The summed E-state index contributed by atoms with van der Waals surface area (Å²) in [6.07, 6.45) is 0. The lowest BCUT2D eigenvalue weighted by atomic mass is 10.1. The van der Waals surface area contributed by atoms with Crippen molar-refractivity contribution in [3.63, 3.8) is 0 Å². The van der Waals surface area contributed by atoms with E-state index in [0.29, 0.717) is 0 Å². The van der Waals surface area contributed by atoms with Gasteiger partial charge in [0.15, 0.2) is 5.69 Å². The minimum atomic E-state index is -1.38. The summed E-state index contributed by atoms with van der Waals surface area (Å²) in [5.74, 6) is -2.60. The van der Waals surface area contributed by atoms with Crippen LogP contribution in [-0.4, -0.2) is 42.1 Å². The summed E-state index contributed by atoms with van der Waals surface area (Å²) < 4.78 is 0.951. The van der Waals surface area contributed by atoms with Gasteiger partial charge in [-0.1, -0.05) is 5.21 Å². The highest BCUT2D eigenvalue weighted by Gasteiger charge is 2.26. The first-order valence-corrected chi connectivity index (χ1v) is 5.99. The number of non-ortho nitro benzene ring substituents is 1. The van der Waals surface area contributed by atoms with E-state index in [1.165, 1.54) is 31.2 Å². The number of hydrogen-bond acceptors (Lipinski definition) is 6. The smallest absolute Gasteiger partial charge is 0.358 e. The molecule has 114 valence electrons. The van der Waals surface area contributed by atoms with Crippen LogP contribution < -0.4 is 0 Å². The van der Waals surface area contributed by atoms with Gasteiger partial charge in [-0.3, -0.25) is 10.1 Å². The van der Waals surface area contributed by atoms with Crippen LogP contribution in [0.4, 0.5) is 5.69 Å². The number of carboxylic acid groups (broad SMARTS) is 2. The first-order valence-electron chi connectivity index (χ1n) is 5.99. The quantitative estimate of drug-likeness (QED) is 0.618. The van der Waals surface area contributed by atoms with Crippen LogP contribution in [0.3, 0.4) is 0 Å². The molecule has 2 N–H and O–H groups in total. The van der Waals surface area contributed by atoms with Gasteiger partial charge in [-0.25, -0.2) is 14.3 Å². The van der Waals surface area contributed by atoms with Crippen LogP contribution in [-0.2, 0) is 4.79 Å². The van der Waals surface area contributed by atoms with Gasteiger partial charge in [-0.05, 0) is 19.1 Å². The fraction of sp³-hybridized carbons (Fsp3) is 0.167. The van der Waals surface area contributed by atoms with Crippen LogP contribution in [0.5, 0.6) is 0 Å². The topological polar surface area (TPSA) is 148 Å². The van der Waals surface area contributed by atoms with Crippen molar-refractivity contribution in [2.24, 2.45) is 0 Å². The molecule has 2 aromatic rings. The number of nitro benzene ring substituents is 1. The Morgan fingerprint density at radius 1 is 1.27 bits per heavy atom. The molecule has 0 saturated heterocycles. The number of aromatic carboxylic acids is 1. The number of aromatic nitrogens is 3. The molecule has 0 amide bonds. The summed E-state index contributed by atoms with van der Waals surface area (Å²) in [5.41, 5.74) is -0.369. The van der Waals surface area contributed by atoms with E-state index in [9.17, 15) is 19.7 Å². The SMILES string of the molecule is CC(C(=O)O)n1nnc(C(=O)O)c1-c1ccc([N+](=O)[O-])cc1. The third-order valence-corrected chi connectivity index (χ3v) is 2.97. The number of nitrogens with zero attached hydrogens (tertiary/aromatic N) is 4. The van der Waals surface area contributed by atoms with Gasteiger partial charge in [0, 0.05) is 17.7 Å². The van der Waals surface area contributed by atoms with Gasteiger partial charge in [-0.15, -0.1) is 5.10 Å². The molecule has 1 atom stereocenters. The molecule has 0 saturated carbocycles. The number of carbonyl (C=O) groups is 2. The van der Waals surface area contributed by atoms with Crippen LogP contribution in [0.2, 0.25) is 0 Å². The fourth-order valence-corrected chi connectivity index (χ4v) is 1.82. The molecule has 10 heteroatoms. The molecule has 0 spiro atoms. The van der Waals surface area contributed by atoms with Gasteiger partial charge in [-0.2, -0.15) is 0 Å². The monoisotopic (exact) mass is 306 g/mol. The van der Waals surface area contributed by atoms with Crippen LogP contribution in [0.25, 0.3) is 11.3 Å². The standard InChI is InChI=1S/C12H10N4O6/c1-6(11(17)18)15-10(9(12(19)20)13-14-15)7-2-4-8(5-3-7)16(21)22/h2-6H,1H3,(H,17,18)(H,19,20). The highest BCUT2D eigenvalue weighted by molar-refractivity contribution is 5.93. The van der Waals surface area contributed by atoms with E-state index in [-0.39, 0.29) is 16.9 Å². The number of benzene rings is 1. The molecule has 0 aliphatic rings. The molecule has 1 aromatic heterocycles. The number of rotatable bonds is 5. The van der Waals surface area contributed by atoms with Gasteiger partial charge in [0.1, 0.15) is 11.7 Å². The molecule has 22 heavy (non-hydrogen) atoms. The largest absolute Gasteiger partial charge is 0.480 e. The zero-order valence-electron chi connectivity index (χ0n) is 11.2. The second-order valence-electron chi connectivity index (χ2n) is 4.35. The molecule has 0 aliphatic carbocycles. The summed E-state index contributed by atoms with van der Waals surface area (Å²) >= 11 is 0. The van der Waals surface area contributed by atoms with Crippen molar-refractivity contribution in [3.8, 4) is 11.3 Å². The van der Waals surface area contributed by atoms with Gasteiger partial charge < -0.3 is 10.2 Å². The molecule has 1 aromatic carbocycles. The molecule has 1 heterocycles. The molecular formula is C12H10N4O6. The second kappa shape index (κ2) is 5.60. The van der Waals surface area contributed by atoms with Gasteiger partial charge in [0.2, 0.25) is 0 Å². The molecule has 10 nitrogen and oxygen atoms in total. The Kier molecular flexibility index (Phi) is 3.84. The average molecular weight is 306 g/mol. The maximum atomic E-state index is 11.2. The van der Waals surface area contributed by atoms with Crippen molar-refractivity contribution >= 4 is 17.6 Å². The average Bonchev–Trinajstić information content (AvgIpc) is 2.91. The van der Waals surface area contributed by atoms with Crippen LogP contribution in [0.15, 0.2) is 24.3 Å². The normalized spacial score (nSPS) is 11.9. The van der Waals surface area contributed by atoms with Crippen LogP contribution in [0.1, 0.15) is 23.5 Å². The molecular weight excluding hydrogens is 296 g/mol. The first-order chi connectivity index (χ1) is 10.3. The summed E-state index contributed by atoms with van der Waals surface area (Å²) in [5, 5.41) is 35.9. The van der Waals surface area contributed by atoms with Gasteiger partial charge in [0.25, 0.3) is 5.69 Å². The molecule has 0 bridgehead atoms. The lowest BCUT2D eigenvalue weighted by Gasteiger charge is -2.10. The Morgan fingerprint density at radius 2 is 1.86 bits per heavy atom. The highest BCUT2D eigenvalue weighted by Crippen LogP contribution is 2.27. The maximum Gasteiger partial charge on any atom is 0.358 e. The first kappa shape index (κ1) is 15.1. The molecule has 1 unspecified atom stereocenters. The second-order valence-corrected chi connectivity index (χ2v) is 4.35. The Hall–Kier alpha value is -3.30. The number of carboxylic acids is 2. The van der Waals surface area contributed by atoms with Crippen molar-refractivity contribution in [2.75, 3.05) is 0 Å². The third kappa shape index (κ3) is 2.61. The summed E-state index contributed by atoms with van der Waals surface area (Å²) in [6.45, 7) is 1.32. The Balaban J connectivity index is 2.61. The fourth-order valence-electron chi connectivity index (χ4n) is 1.82. The van der Waals surface area contributed by atoms with E-state index in [1.807, 2.05) is 0 Å². The predicted octanol–water partition coefficient (Wildman–Crippen LogP) is 1.20. The van der Waals surface area contributed by atoms with E-state index in [4.69, 9.17) is 10.2 Å². The number of aliphatic carboxylic acids is 1. The van der Waals surface area contributed by atoms with Gasteiger partial charge in [0.05, 0.1) is 4.92 Å². The van der Waals surface area contributed by atoms with Crippen molar-refractivity contribution in [2.45, 2.75) is 13.0 Å². The van der Waals surface area contributed by atoms with Crippen molar-refractivity contribution in [1.29, 1.82) is 0 Å². The van der Waals surface area contributed by atoms with E-state index in [2.05, 4.69) is 10.3 Å². The Labute approximate surface area is 122 Å². The molecule has 0 fully saturated rings. The molecule has 0 radical (unpaired) electrons. The van der Waals surface area contributed by atoms with Crippen LogP contribution >= 0.6 is 0 Å². The van der Waals surface area contributed by atoms with Crippen molar-refractivity contribution in [1.82, 2.24) is 15.0 Å². The molecule has 0 aliphatic heterocycles. The number of hydrogen-bond donors (Lipinski definition) is 2. The number of nitro groups is 1. The Morgan fingerprint density at radius 3 is 2.32 bits per heavy atom. The zero-order chi connectivity index (χ0) is 16.4. The predicted molar refractivity (Wildman–Crippen MR) is 71.4 cm³/mol. The van der Waals surface area contributed by atoms with Crippen molar-refractivity contribution < 1.29 is 24.7 Å². The zero-order valence-corrected chi connectivity index (χ0v) is 11.2. The van der Waals surface area contributed by atoms with Gasteiger partial charge >= 0.3 is 11.9 Å². The maximum absolute atomic E-state index is 11.2. The summed E-state index contributed by atoms with van der Waals surface area (Å²) in [6, 6.07) is 3.85. The van der Waals surface area contributed by atoms with Crippen molar-refractivity contribution in [3.05, 3.63) is 40.1 Å². The third-order valence-electron chi connectivity index (χ3n) is 2.97. The lowest BCUT2D eigenvalue weighted by Crippen LogP contribution is -2.18. The van der Waals surface area contributed by atoms with E-state index in [0.717, 1.165) is 4.68 Å². The Bertz CT molecular complexity index is 751. The lowest BCUT2D eigenvalue weighted by molar-refractivity contribution is -0.384. The van der Waals surface area contributed by atoms with E-state index >= 15 is 0 Å². The highest BCUT2D eigenvalue weighted by atomic mass is 16.6. The minimum absolute atomic E-state index is 0.0303. The molecule has 2 rings (SSSR count). The minimum Gasteiger partial charge on any atom is -0.480 e. The van der Waals surface area contributed by atoms with Crippen LogP contribution in [0, 0.1) is 10.1 Å². The summed E-state index contributed by atoms with van der Waals surface area (Å²) in [7, 11) is 0.